The van der Waals surface area contributed by atoms with E-state index in [1.807, 2.05) is 0 Å². The van der Waals surface area contributed by atoms with Crippen molar-refractivity contribution in [1.82, 2.24) is 35.8 Å². The highest BCUT2D eigenvalue weighted by Crippen LogP contribution is 2.34. The summed E-state index contributed by atoms with van der Waals surface area (Å²) in [7, 11) is 1.21. The first-order valence-electron chi connectivity index (χ1n) is 13.2. The van der Waals surface area contributed by atoms with Crippen molar-refractivity contribution in [2.45, 2.75) is 56.9 Å². The molecule has 0 bridgehead atoms. The van der Waals surface area contributed by atoms with Gasteiger partial charge in [-0.15, -0.1) is 0 Å². The topological polar surface area (TPSA) is 148 Å². The number of ether oxygens (including phenoxy) is 2. The number of rotatable bonds is 10. The number of amides is 3. The van der Waals surface area contributed by atoms with Gasteiger partial charge in [0.15, 0.2) is 11.3 Å². The van der Waals surface area contributed by atoms with E-state index in [9.17, 15) is 35.9 Å². The standard InChI is InChI=1S/C24H27F6N7O5/c1-11-18(36-42-35-11)20(38)33-15(9-41-22(2,3)24(28,29)30)19-31-13-6-5-12(7-14(13)32-19)16(10-40-4)37-8-17(23(25,26)27)34-21(37)39/h5-7,15-17H,8-10H2,1-4H3,(H,31,32)(H,33,38)(H,34,39)/t15-,16+,17-/m0/s1/i8D2. The second-order valence-corrected chi connectivity index (χ2v) is 9.84. The van der Waals surface area contributed by atoms with Crippen LogP contribution in [0.25, 0.3) is 11.0 Å². The van der Waals surface area contributed by atoms with Crippen LogP contribution in [0.3, 0.4) is 0 Å². The average molecular weight is 610 g/mol. The summed E-state index contributed by atoms with van der Waals surface area (Å²) in [6, 6.07) is -2.63. The number of benzene rings is 1. The van der Waals surface area contributed by atoms with Crippen LogP contribution in [0.2, 0.25) is 0 Å². The number of hydrogen-bond donors (Lipinski definition) is 3. The summed E-state index contributed by atoms with van der Waals surface area (Å²) in [6.07, 6.45) is -9.85. The van der Waals surface area contributed by atoms with Crippen molar-refractivity contribution < 1.29 is 52.8 Å². The number of imidazole rings is 1. The molecule has 1 fully saturated rings. The van der Waals surface area contributed by atoms with Crippen LogP contribution < -0.4 is 10.6 Å². The first-order chi connectivity index (χ1) is 20.3. The highest BCUT2D eigenvalue weighted by atomic mass is 19.4. The summed E-state index contributed by atoms with van der Waals surface area (Å²) in [6.45, 7) is -1.28. The number of carbonyl (C=O) groups is 2. The summed E-state index contributed by atoms with van der Waals surface area (Å²) >= 11 is 0. The van der Waals surface area contributed by atoms with E-state index >= 15 is 0 Å². The summed E-state index contributed by atoms with van der Waals surface area (Å²) in [5.74, 6) is -0.919. The minimum absolute atomic E-state index is 0.0627. The number of nitrogens with zero attached hydrogens (tertiary/aromatic N) is 4. The maximum atomic E-state index is 13.5. The van der Waals surface area contributed by atoms with E-state index in [0.29, 0.717) is 4.90 Å². The number of halogens is 6. The smallest absolute Gasteiger partial charge is 0.382 e. The van der Waals surface area contributed by atoms with E-state index in [2.05, 4.69) is 30.2 Å². The Bertz CT molecular complexity index is 1530. The Kier molecular flexibility index (Phi) is 7.65. The van der Waals surface area contributed by atoms with Gasteiger partial charge in [-0.25, -0.2) is 14.4 Å². The third-order valence-electron chi connectivity index (χ3n) is 6.42. The zero-order valence-corrected chi connectivity index (χ0v) is 22.5. The predicted molar refractivity (Wildman–Crippen MR) is 131 cm³/mol. The van der Waals surface area contributed by atoms with E-state index in [1.54, 1.807) is 5.32 Å². The fourth-order valence-corrected chi connectivity index (χ4v) is 3.93. The van der Waals surface area contributed by atoms with E-state index < -0.39 is 67.7 Å². The molecular weight excluding hydrogens is 580 g/mol. The van der Waals surface area contributed by atoms with Crippen LogP contribution in [0.15, 0.2) is 22.8 Å². The molecule has 0 unspecified atom stereocenters. The number of aromatic amines is 1. The van der Waals surface area contributed by atoms with Gasteiger partial charge in [-0.05, 0) is 43.6 Å². The minimum Gasteiger partial charge on any atom is -0.382 e. The van der Waals surface area contributed by atoms with Gasteiger partial charge in [-0.2, -0.15) is 26.3 Å². The maximum Gasteiger partial charge on any atom is 0.416 e. The van der Waals surface area contributed by atoms with Gasteiger partial charge < -0.3 is 30.0 Å². The monoisotopic (exact) mass is 609 g/mol. The molecule has 1 aliphatic heterocycles. The van der Waals surface area contributed by atoms with Gasteiger partial charge in [0.1, 0.15) is 23.6 Å². The molecule has 3 heterocycles. The van der Waals surface area contributed by atoms with E-state index in [0.717, 1.165) is 13.8 Å². The van der Waals surface area contributed by atoms with Gasteiger partial charge >= 0.3 is 18.4 Å². The van der Waals surface area contributed by atoms with E-state index in [1.165, 1.54) is 32.2 Å². The third kappa shape index (κ3) is 6.43. The predicted octanol–water partition coefficient (Wildman–Crippen LogP) is 3.73. The van der Waals surface area contributed by atoms with Gasteiger partial charge in [0.2, 0.25) is 0 Å². The fraction of sp³-hybridized carbons (Fsp3) is 0.542. The zero-order valence-electron chi connectivity index (χ0n) is 24.5. The number of methoxy groups -OCH3 is 1. The molecule has 1 aromatic carbocycles. The van der Waals surface area contributed by atoms with E-state index in [4.69, 9.17) is 12.2 Å². The van der Waals surface area contributed by atoms with Crippen LogP contribution >= 0.6 is 0 Å². The fourth-order valence-electron chi connectivity index (χ4n) is 3.93. The number of aryl methyl sites for hydroxylation is 1. The van der Waals surface area contributed by atoms with Crippen molar-refractivity contribution in [3.8, 4) is 0 Å². The Labute approximate surface area is 236 Å². The molecular formula is C24H27F6N7O5. The number of alkyl halides is 6. The Morgan fingerprint density at radius 3 is 2.52 bits per heavy atom. The lowest BCUT2D eigenvalue weighted by Crippen LogP contribution is -2.44. The zero-order chi connectivity index (χ0) is 32.8. The van der Waals surface area contributed by atoms with Crippen LogP contribution in [0.4, 0.5) is 31.1 Å². The summed E-state index contributed by atoms with van der Waals surface area (Å²) < 4.78 is 112. The number of H-pyrrole nitrogens is 1. The van der Waals surface area contributed by atoms with Gasteiger partial charge in [-0.1, -0.05) is 11.2 Å². The van der Waals surface area contributed by atoms with Crippen molar-refractivity contribution in [1.29, 1.82) is 0 Å². The molecule has 3 atom stereocenters. The van der Waals surface area contributed by atoms with Crippen LogP contribution in [0.1, 0.15) is 56.2 Å². The van der Waals surface area contributed by atoms with Gasteiger partial charge in [0, 0.05) is 7.11 Å². The van der Waals surface area contributed by atoms with Crippen molar-refractivity contribution in [2.24, 2.45) is 0 Å². The molecule has 0 radical (unpaired) electrons. The summed E-state index contributed by atoms with van der Waals surface area (Å²) in [5, 5.41) is 11.1. The van der Waals surface area contributed by atoms with Gasteiger partial charge in [0.05, 0.1) is 39.5 Å². The molecule has 2 aromatic heterocycles. The molecule has 3 amide bonds. The van der Waals surface area contributed by atoms with Crippen LogP contribution in [0.5, 0.6) is 0 Å². The normalized spacial score (nSPS) is 19.8. The van der Waals surface area contributed by atoms with Gasteiger partial charge in [-0.3, -0.25) is 4.79 Å². The third-order valence-corrected chi connectivity index (χ3v) is 6.42. The SMILES string of the molecule is [2H]C1([2H])[C@@H](C(F)(F)F)NC(=O)N1[C@H](COC)c1ccc2nc([C@H](COC(C)(C)C(F)(F)F)NC(=O)c3nonc3C)[nH]c2c1. The number of carbonyl (C=O) groups excluding carboxylic acids is 2. The van der Waals surface area contributed by atoms with Crippen molar-refractivity contribution >= 4 is 23.0 Å². The molecule has 0 spiro atoms. The number of urea groups is 1. The maximum absolute atomic E-state index is 13.5. The lowest BCUT2D eigenvalue weighted by molar-refractivity contribution is -0.265. The van der Waals surface area contributed by atoms with Crippen molar-refractivity contribution in [3.05, 3.63) is 41.0 Å². The van der Waals surface area contributed by atoms with Crippen molar-refractivity contribution in [3.63, 3.8) is 0 Å². The molecule has 0 saturated carbocycles. The minimum atomic E-state index is -5.09. The Morgan fingerprint density at radius 1 is 1.24 bits per heavy atom. The number of fused-ring (bicyclic) bond motifs is 1. The van der Waals surface area contributed by atoms with Crippen LogP contribution in [0, 0.1) is 6.92 Å². The molecule has 12 nitrogen and oxygen atoms in total. The summed E-state index contributed by atoms with van der Waals surface area (Å²) in [4.78, 5) is 33.0. The van der Waals surface area contributed by atoms with Gasteiger partial charge in [0.25, 0.3) is 5.91 Å². The van der Waals surface area contributed by atoms with Crippen LogP contribution in [-0.4, -0.2) is 87.9 Å². The number of nitrogens with one attached hydrogen (secondary N) is 3. The summed E-state index contributed by atoms with van der Waals surface area (Å²) in [5.41, 5.74) is -2.18. The highest BCUT2D eigenvalue weighted by molar-refractivity contribution is 5.93. The second-order valence-electron chi connectivity index (χ2n) is 9.84. The van der Waals surface area contributed by atoms with E-state index in [-0.39, 0.29) is 33.8 Å². The Balaban J connectivity index is 1.70. The first kappa shape index (κ1) is 28.2. The average Bonchev–Trinajstić information content (AvgIpc) is 3.59. The molecule has 42 heavy (non-hydrogen) atoms. The number of aromatic nitrogens is 4. The highest BCUT2D eigenvalue weighted by Gasteiger charge is 2.50. The molecule has 4 rings (SSSR count). The molecule has 3 aromatic rings. The molecule has 0 aliphatic carbocycles. The number of hydrogen-bond acceptors (Lipinski definition) is 8. The second kappa shape index (κ2) is 11.4. The van der Waals surface area contributed by atoms with Crippen molar-refractivity contribution in [2.75, 3.05) is 26.8 Å². The van der Waals surface area contributed by atoms with Crippen LogP contribution in [-0.2, 0) is 9.47 Å². The first-order valence-corrected chi connectivity index (χ1v) is 12.2. The molecule has 18 heteroatoms. The molecule has 230 valence electrons. The lowest BCUT2D eigenvalue weighted by Gasteiger charge is -2.29. The largest absolute Gasteiger partial charge is 0.416 e. The lowest BCUT2D eigenvalue weighted by atomic mass is 10.1. The quantitative estimate of drug-likeness (QED) is 0.295. The molecule has 1 aliphatic rings. The Morgan fingerprint density at radius 2 is 1.95 bits per heavy atom. The Hall–Kier alpha value is -3.93. The molecule has 3 N–H and O–H groups in total. The molecule has 1 saturated heterocycles.